The highest BCUT2D eigenvalue weighted by Gasteiger charge is 2.09. The average molecular weight is 244 g/mol. The molecule has 0 radical (unpaired) electrons. The molecule has 0 spiro atoms. The van der Waals surface area contributed by atoms with E-state index in [4.69, 9.17) is 21.1 Å². The summed E-state index contributed by atoms with van der Waals surface area (Å²) in [7, 11) is 3.25. The lowest BCUT2D eigenvalue weighted by Crippen LogP contribution is -2.31. The number of hydrogen-bond acceptors (Lipinski definition) is 3. The Kier molecular flexibility index (Phi) is 5.77. The standard InChI is InChI=1S/C12H18ClNO2/c1-9(14-8-12(15-2)16-3)10-5-4-6-11(13)7-10/h4-7,9,12,14H,8H2,1-3H3. The van der Waals surface area contributed by atoms with Crippen molar-refractivity contribution in [3.8, 4) is 0 Å². The monoisotopic (exact) mass is 243 g/mol. The zero-order chi connectivity index (χ0) is 12.0. The first-order valence-corrected chi connectivity index (χ1v) is 5.59. The first-order chi connectivity index (χ1) is 7.67. The average Bonchev–Trinajstić information content (AvgIpc) is 2.30. The summed E-state index contributed by atoms with van der Waals surface area (Å²) in [4.78, 5) is 0. The second-order valence-corrected chi connectivity index (χ2v) is 4.02. The van der Waals surface area contributed by atoms with E-state index in [-0.39, 0.29) is 12.3 Å². The second-order valence-electron chi connectivity index (χ2n) is 3.59. The number of benzene rings is 1. The minimum absolute atomic E-state index is 0.214. The number of halogens is 1. The molecule has 1 atom stereocenters. The summed E-state index contributed by atoms with van der Waals surface area (Å²) in [5, 5.41) is 4.07. The molecule has 0 bridgehead atoms. The van der Waals surface area contributed by atoms with Crippen LogP contribution in [0.2, 0.25) is 5.02 Å². The van der Waals surface area contributed by atoms with Crippen LogP contribution >= 0.6 is 11.6 Å². The Balaban J connectivity index is 2.49. The molecule has 90 valence electrons. The van der Waals surface area contributed by atoms with Crippen molar-refractivity contribution in [1.82, 2.24) is 5.32 Å². The van der Waals surface area contributed by atoms with Crippen LogP contribution in [0.4, 0.5) is 0 Å². The zero-order valence-corrected chi connectivity index (χ0v) is 10.6. The number of hydrogen-bond donors (Lipinski definition) is 1. The van der Waals surface area contributed by atoms with Gasteiger partial charge in [0, 0.05) is 31.8 Å². The fourth-order valence-corrected chi connectivity index (χ4v) is 1.63. The zero-order valence-electron chi connectivity index (χ0n) is 9.87. The van der Waals surface area contributed by atoms with Crippen molar-refractivity contribution >= 4 is 11.6 Å². The summed E-state index contributed by atoms with van der Waals surface area (Å²) in [6, 6.07) is 8.02. The number of ether oxygens (including phenoxy) is 2. The van der Waals surface area contributed by atoms with Crippen LogP contribution in [0, 0.1) is 0 Å². The smallest absolute Gasteiger partial charge is 0.169 e. The van der Waals surface area contributed by atoms with Crippen molar-refractivity contribution < 1.29 is 9.47 Å². The Labute approximate surface area is 102 Å². The lowest BCUT2D eigenvalue weighted by molar-refractivity contribution is -0.0997. The molecule has 0 aliphatic rings. The third-order valence-electron chi connectivity index (χ3n) is 2.47. The van der Waals surface area contributed by atoms with Crippen LogP contribution in [0.3, 0.4) is 0 Å². The number of nitrogens with one attached hydrogen (secondary N) is 1. The molecule has 4 heteroatoms. The number of methoxy groups -OCH3 is 2. The van der Waals surface area contributed by atoms with E-state index in [1.807, 2.05) is 24.3 Å². The Morgan fingerprint density at radius 3 is 2.56 bits per heavy atom. The highest BCUT2D eigenvalue weighted by Crippen LogP contribution is 2.17. The van der Waals surface area contributed by atoms with E-state index >= 15 is 0 Å². The predicted octanol–water partition coefficient (Wildman–Crippen LogP) is 2.61. The van der Waals surface area contributed by atoms with Crippen molar-refractivity contribution in [2.24, 2.45) is 0 Å². The summed E-state index contributed by atoms with van der Waals surface area (Å²) in [6.07, 6.45) is -0.221. The van der Waals surface area contributed by atoms with E-state index in [1.165, 1.54) is 0 Å². The van der Waals surface area contributed by atoms with Crippen LogP contribution in [-0.2, 0) is 9.47 Å². The van der Waals surface area contributed by atoms with Gasteiger partial charge in [0.2, 0.25) is 0 Å². The molecule has 0 amide bonds. The van der Waals surface area contributed by atoms with Gasteiger partial charge in [0.25, 0.3) is 0 Å². The highest BCUT2D eigenvalue weighted by molar-refractivity contribution is 6.30. The van der Waals surface area contributed by atoms with Gasteiger partial charge in [0.15, 0.2) is 6.29 Å². The van der Waals surface area contributed by atoms with Gasteiger partial charge in [-0.1, -0.05) is 23.7 Å². The Morgan fingerprint density at radius 2 is 2.00 bits per heavy atom. The minimum atomic E-state index is -0.221. The van der Waals surface area contributed by atoms with E-state index < -0.39 is 0 Å². The molecule has 1 aromatic rings. The van der Waals surface area contributed by atoms with E-state index in [1.54, 1.807) is 14.2 Å². The number of rotatable bonds is 6. The Bertz CT molecular complexity index is 316. The molecule has 0 fully saturated rings. The van der Waals surface area contributed by atoms with Crippen LogP contribution < -0.4 is 5.32 Å². The first-order valence-electron chi connectivity index (χ1n) is 5.21. The molecule has 0 aliphatic carbocycles. The van der Waals surface area contributed by atoms with E-state index in [9.17, 15) is 0 Å². The van der Waals surface area contributed by atoms with Gasteiger partial charge in [-0.3, -0.25) is 0 Å². The molecule has 1 aromatic carbocycles. The molecule has 0 saturated carbocycles. The van der Waals surface area contributed by atoms with Crippen molar-refractivity contribution in [2.45, 2.75) is 19.3 Å². The lowest BCUT2D eigenvalue weighted by atomic mass is 10.1. The quantitative estimate of drug-likeness (QED) is 0.780. The highest BCUT2D eigenvalue weighted by atomic mass is 35.5. The summed E-state index contributed by atoms with van der Waals surface area (Å²) in [5.41, 5.74) is 1.15. The van der Waals surface area contributed by atoms with Gasteiger partial charge in [-0.05, 0) is 24.6 Å². The third kappa shape index (κ3) is 4.10. The summed E-state index contributed by atoms with van der Waals surface area (Å²) >= 11 is 5.93. The molecule has 1 N–H and O–H groups in total. The maximum Gasteiger partial charge on any atom is 0.169 e. The molecule has 1 rings (SSSR count). The van der Waals surface area contributed by atoms with E-state index in [2.05, 4.69) is 12.2 Å². The fourth-order valence-electron chi connectivity index (χ4n) is 1.43. The van der Waals surface area contributed by atoms with Gasteiger partial charge in [-0.15, -0.1) is 0 Å². The van der Waals surface area contributed by atoms with Crippen LogP contribution in [0.5, 0.6) is 0 Å². The molecule has 0 aliphatic heterocycles. The van der Waals surface area contributed by atoms with Gasteiger partial charge in [-0.25, -0.2) is 0 Å². The summed E-state index contributed by atoms with van der Waals surface area (Å²) < 4.78 is 10.2. The van der Waals surface area contributed by atoms with Crippen LogP contribution in [-0.4, -0.2) is 27.1 Å². The van der Waals surface area contributed by atoms with Crippen molar-refractivity contribution in [3.63, 3.8) is 0 Å². The fraction of sp³-hybridized carbons (Fsp3) is 0.500. The SMILES string of the molecule is COC(CNC(C)c1cccc(Cl)c1)OC. The van der Waals surface area contributed by atoms with Crippen molar-refractivity contribution in [3.05, 3.63) is 34.9 Å². The normalized spacial score (nSPS) is 13.1. The minimum Gasteiger partial charge on any atom is -0.355 e. The van der Waals surface area contributed by atoms with Crippen molar-refractivity contribution in [1.29, 1.82) is 0 Å². The topological polar surface area (TPSA) is 30.5 Å². The second kappa shape index (κ2) is 6.86. The Hall–Kier alpha value is -0.610. The molecule has 0 aromatic heterocycles. The van der Waals surface area contributed by atoms with Crippen molar-refractivity contribution in [2.75, 3.05) is 20.8 Å². The Morgan fingerprint density at radius 1 is 1.31 bits per heavy atom. The predicted molar refractivity (Wildman–Crippen MR) is 65.7 cm³/mol. The summed E-state index contributed by atoms with van der Waals surface area (Å²) in [6.45, 7) is 2.72. The van der Waals surface area contributed by atoms with Gasteiger partial charge >= 0.3 is 0 Å². The third-order valence-corrected chi connectivity index (χ3v) is 2.70. The van der Waals surface area contributed by atoms with Crippen LogP contribution in [0.15, 0.2) is 24.3 Å². The molecule has 3 nitrogen and oxygen atoms in total. The molecule has 1 unspecified atom stereocenters. The molecular weight excluding hydrogens is 226 g/mol. The maximum atomic E-state index is 5.93. The largest absolute Gasteiger partial charge is 0.355 e. The molecule has 0 heterocycles. The van der Waals surface area contributed by atoms with Gasteiger partial charge in [0.1, 0.15) is 0 Å². The molecular formula is C12H18ClNO2. The van der Waals surface area contributed by atoms with Crippen LogP contribution in [0.25, 0.3) is 0 Å². The first kappa shape index (κ1) is 13.5. The summed E-state index contributed by atoms with van der Waals surface area (Å²) in [5.74, 6) is 0. The maximum absolute atomic E-state index is 5.93. The van der Waals surface area contributed by atoms with E-state index in [0.717, 1.165) is 10.6 Å². The van der Waals surface area contributed by atoms with Gasteiger partial charge < -0.3 is 14.8 Å². The van der Waals surface area contributed by atoms with Crippen LogP contribution in [0.1, 0.15) is 18.5 Å². The molecule has 0 saturated heterocycles. The van der Waals surface area contributed by atoms with Gasteiger partial charge in [-0.2, -0.15) is 0 Å². The van der Waals surface area contributed by atoms with Gasteiger partial charge in [0.05, 0.1) is 0 Å². The lowest BCUT2D eigenvalue weighted by Gasteiger charge is -2.19. The van der Waals surface area contributed by atoms with E-state index in [0.29, 0.717) is 6.54 Å². The molecule has 16 heavy (non-hydrogen) atoms.